The van der Waals surface area contributed by atoms with Crippen LogP contribution >= 0.6 is 0 Å². The van der Waals surface area contributed by atoms with Gasteiger partial charge in [0, 0.05) is 19.0 Å². The average molecular weight is 381 g/mol. The number of carbonyl (C=O) groups excluding carboxylic acids is 1. The maximum Gasteiger partial charge on any atom is 0.223 e. The number of amides is 1. The molecule has 1 saturated heterocycles. The number of nitrogens with one attached hydrogen (secondary N) is 1. The fourth-order valence-electron chi connectivity index (χ4n) is 3.78. The van der Waals surface area contributed by atoms with E-state index in [1.165, 1.54) is 16.7 Å². The minimum absolute atomic E-state index is 0.158. The third kappa shape index (κ3) is 6.10. The molecule has 4 heteroatoms. The highest BCUT2D eigenvalue weighted by atomic mass is 16.5. The summed E-state index contributed by atoms with van der Waals surface area (Å²) in [5.41, 5.74) is 3.90. The monoisotopic (exact) mass is 380 g/mol. The van der Waals surface area contributed by atoms with Crippen LogP contribution < -0.4 is 10.1 Å². The lowest BCUT2D eigenvalue weighted by Gasteiger charge is -2.31. The minimum Gasteiger partial charge on any atom is -0.497 e. The molecule has 28 heavy (non-hydrogen) atoms. The van der Waals surface area contributed by atoms with Gasteiger partial charge in [-0.25, -0.2) is 0 Å². The number of methoxy groups -OCH3 is 1. The number of rotatable bonds is 8. The number of hydrogen-bond donors (Lipinski definition) is 1. The number of piperidine rings is 1. The van der Waals surface area contributed by atoms with Crippen LogP contribution in [-0.4, -0.2) is 37.6 Å². The van der Waals surface area contributed by atoms with Gasteiger partial charge < -0.3 is 10.1 Å². The quantitative estimate of drug-likeness (QED) is 0.705. The van der Waals surface area contributed by atoms with Crippen molar-refractivity contribution in [2.75, 3.05) is 26.7 Å². The largest absolute Gasteiger partial charge is 0.497 e. The molecule has 1 fully saturated rings. The van der Waals surface area contributed by atoms with Crippen molar-refractivity contribution in [3.8, 4) is 5.75 Å². The Balaban J connectivity index is 1.34. The Labute approximate surface area is 168 Å². The molecule has 0 aliphatic carbocycles. The zero-order valence-electron chi connectivity index (χ0n) is 17.1. The second kappa shape index (κ2) is 10.3. The Morgan fingerprint density at radius 1 is 1.11 bits per heavy atom. The topological polar surface area (TPSA) is 41.6 Å². The Hall–Kier alpha value is -2.33. The summed E-state index contributed by atoms with van der Waals surface area (Å²) in [6.45, 7) is 5.82. The highest BCUT2D eigenvalue weighted by Crippen LogP contribution is 2.19. The van der Waals surface area contributed by atoms with Gasteiger partial charge in [0.2, 0.25) is 5.91 Å². The number of benzene rings is 2. The molecule has 150 valence electrons. The fraction of sp³-hybridized carbons (Fsp3) is 0.458. The summed E-state index contributed by atoms with van der Waals surface area (Å²) in [6, 6.07) is 16.9. The van der Waals surface area contributed by atoms with E-state index in [1.54, 1.807) is 7.11 Å². The standard InChI is InChI=1S/C24H32N2O2/c1-19-8-10-21(11-9-19)18-26-15-12-22(13-16-26)24(27)25-14-4-6-20-5-3-7-23(17-20)28-2/h3,5,7-11,17,22H,4,6,12-16,18H2,1-2H3,(H,25,27). The second-order valence-electron chi connectivity index (χ2n) is 7.78. The van der Waals surface area contributed by atoms with Gasteiger partial charge in [-0.1, -0.05) is 42.0 Å². The van der Waals surface area contributed by atoms with Gasteiger partial charge in [0.25, 0.3) is 0 Å². The van der Waals surface area contributed by atoms with Crippen LogP contribution in [0.15, 0.2) is 48.5 Å². The maximum atomic E-state index is 12.5. The highest BCUT2D eigenvalue weighted by molar-refractivity contribution is 5.78. The molecule has 1 aliphatic heterocycles. The molecule has 2 aromatic rings. The molecule has 2 aromatic carbocycles. The summed E-state index contributed by atoms with van der Waals surface area (Å²) in [4.78, 5) is 14.9. The van der Waals surface area contributed by atoms with Crippen LogP contribution in [0.1, 0.15) is 36.0 Å². The van der Waals surface area contributed by atoms with Crippen molar-refractivity contribution in [3.05, 3.63) is 65.2 Å². The van der Waals surface area contributed by atoms with Crippen molar-refractivity contribution in [1.29, 1.82) is 0 Å². The van der Waals surface area contributed by atoms with Gasteiger partial charge in [0.1, 0.15) is 5.75 Å². The van der Waals surface area contributed by atoms with Crippen molar-refractivity contribution in [3.63, 3.8) is 0 Å². The molecule has 1 N–H and O–H groups in total. The van der Waals surface area contributed by atoms with Gasteiger partial charge in [0.15, 0.2) is 0 Å². The SMILES string of the molecule is COc1cccc(CCCNC(=O)C2CCN(Cc3ccc(C)cc3)CC2)c1. The van der Waals surface area contributed by atoms with Crippen LogP contribution in [0.5, 0.6) is 5.75 Å². The van der Waals surface area contributed by atoms with Crippen LogP contribution in [0.2, 0.25) is 0 Å². The predicted molar refractivity (Wildman–Crippen MR) is 114 cm³/mol. The van der Waals surface area contributed by atoms with Crippen molar-refractivity contribution < 1.29 is 9.53 Å². The molecule has 0 atom stereocenters. The lowest BCUT2D eigenvalue weighted by atomic mass is 9.95. The number of aryl methyl sites for hydroxylation is 2. The molecule has 0 bridgehead atoms. The van der Waals surface area contributed by atoms with Crippen LogP contribution in [0.25, 0.3) is 0 Å². The minimum atomic E-state index is 0.158. The van der Waals surface area contributed by atoms with Gasteiger partial charge in [-0.3, -0.25) is 9.69 Å². The van der Waals surface area contributed by atoms with Gasteiger partial charge in [-0.2, -0.15) is 0 Å². The summed E-state index contributed by atoms with van der Waals surface area (Å²) < 4.78 is 5.26. The second-order valence-corrected chi connectivity index (χ2v) is 7.78. The van der Waals surface area contributed by atoms with E-state index in [0.29, 0.717) is 0 Å². The van der Waals surface area contributed by atoms with E-state index in [1.807, 2.05) is 12.1 Å². The Morgan fingerprint density at radius 3 is 2.57 bits per heavy atom. The summed E-state index contributed by atoms with van der Waals surface area (Å²) in [6.07, 6.45) is 3.80. The summed E-state index contributed by atoms with van der Waals surface area (Å²) in [5, 5.41) is 3.13. The summed E-state index contributed by atoms with van der Waals surface area (Å²) in [7, 11) is 1.69. The van der Waals surface area contributed by atoms with Crippen LogP contribution in [0.3, 0.4) is 0 Å². The number of nitrogens with zero attached hydrogens (tertiary/aromatic N) is 1. The molecule has 0 radical (unpaired) electrons. The first-order valence-electron chi connectivity index (χ1n) is 10.3. The molecular formula is C24H32N2O2. The molecule has 1 aliphatic rings. The van der Waals surface area contributed by atoms with Crippen LogP contribution in [0.4, 0.5) is 0 Å². The van der Waals surface area contributed by atoms with Gasteiger partial charge in [-0.15, -0.1) is 0 Å². The third-order valence-corrected chi connectivity index (χ3v) is 5.56. The van der Waals surface area contributed by atoms with E-state index in [-0.39, 0.29) is 11.8 Å². The van der Waals surface area contributed by atoms with Crippen molar-refractivity contribution >= 4 is 5.91 Å². The summed E-state index contributed by atoms with van der Waals surface area (Å²) >= 11 is 0. The molecule has 0 spiro atoms. The van der Waals surface area contributed by atoms with Crippen LogP contribution in [-0.2, 0) is 17.8 Å². The number of hydrogen-bond acceptors (Lipinski definition) is 3. The number of carbonyl (C=O) groups is 1. The first-order valence-corrected chi connectivity index (χ1v) is 10.3. The number of ether oxygens (including phenoxy) is 1. The number of likely N-dealkylation sites (tertiary alicyclic amines) is 1. The van der Waals surface area contributed by atoms with E-state index in [0.717, 1.165) is 57.6 Å². The zero-order valence-corrected chi connectivity index (χ0v) is 17.1. The molecule has 1 heterocycles. The van der Waals surface area contributed by atoms with Gasteiger partial charge in [-0.05, 0) is 69.0 Å². The molecule has 0 aromatic heterocycles. The van der Waals surface area contributed by atoms with E-state index < -0.39 is 0 Å². The average Bonchev–Trinajstić information content (AvgIpc) is 2.73. The van der Waals surface area contributed by atoms with E-state index in [2.05, 4.69) is 53.5 Å². The summed E-state index contributed by atoms with van der Waals surface area (Å²) in [5.74, 6) is 1.27. The molecule has 0 unspecified atom stereocenters. The normalized spacial score (nSPS) is 15.4. The maximum absolute atomic E-state index is 12.5. The van der Waals surface area contributed by atoms with Gasteiger partial charge in [0.05, 0.1) is 7.11 Å². The molecule has 4 nitrogen and oxygen atoms in total. The molecule has 1 amide bonds. The van der Waals surface area contributed by atoms with E-state index in [9.17, 15) is 4.79 Å². The molecule has 0 saturated carbocycles. The fourth-order valence-corrected chi connectivity index (χ4v) is 3.78. The van der Waals surface area contributed by atoms with Crippen molar-refractivity contribution in [2.24, 2.45) is 5.92 Å². The van der Waals surface area contributed by atoms with Crippen molar-refractivity contribution in [1.82, 2.24) is 10.2 Å². The lowest BCUT2D eigenvalue weighted by molar-refractivity contribution is -0.126. The zero-order chi connectivity index (χ0) is 19.8. The Bertz CT molecular complexity index is 749. The third-order valence-electron chi connectivity index (χ3n) is 5.56. The van der Waals surface area contributed by atoms with Crippen molar-refractivity contribution in [2.45, 2.75) is 39.2 Å². The van der Waals surface area contributed by atoms with E-state index >= 15 is 0 Å². The van der Waals surface area contributed by atoms with E-state index in [4.69, 9.17) is 4.74 Å². The Kier molecular flexibility index (Phi) is 7.49. The molecule has 3 rings (SSSR count). The highest BCUT2D eigenvalue weighted by Gasteiger charge is 2.24. The Morgan fingerprint density at radius 2 is 1.86 bits per heavy atom. The first kappa shape index (κ1) is 20.4. The predicted octanol–water partition coefficient (Wildman–Crippen LogP) is 3.96. The molecular weight excluding hydrogens is 348 g/mol. The van der Waals surface area contributed by atoms with Crippen LogP contribution in [0, 0.1) is 12.8 Å². The van der Waals surface area contributed by atoms with Gasteiger partial charge >= 0.3 is 0 Å². The smallest absolute Gasteiger partial charge is 0.223 e. The lowest BCUT2D eigenvalue weighted by Crippen LogP contribution is -2.40. The first-order chi connectivity index (χ1) is 13.6.